The number of carbonyl (C=O) groups is 2. The van der Waals surface area contributed by atoms with Gasteiger partial charge in [0.2, 0.25) is 5.91 Å². The Kier molecular flexibility index (Phi) is 2.54. The maximum atomic E-state index is 12.0. The molecule has 1 aromatic rings. The van der Waals surface area contributed by atoms with Gasteiger partial charge in [0.15, 0.2) is 5.78 Å². The quantitative estimate of drug-likeness (QED) is 0.680. The number of carbonyl (C=O) groups excluding carboxylic acids is 2. The normalized spacial score (nSPS) is 20.7. The van der Waals surface area contributed by atoms with Crippen molar-refractivity contribution in [2.24, 2.45) is 5.92 Å². The Morgan fingerprint density at radius 3 is 2.53 bits per heavy atom. The highest BCUT2D eigenvalue weighted by Gasteiger charge is 2.32. The van der Waals surface area contributed by atoms with Crippen molar-refractivity contribution in [3.05, 3.63) is 35.9 Å². The summed E-state index contributed by atoms with van der Waals surface area (Å²) >= 11 is 0. The molecule has 1 aliphatic rings. The molecule has 0 radical (unpaired) electrons. The second-order valence-corrected chi connectivity index (χ2v) is 3.91. The van der Waals surface area contributed by atoms with Crippen LogP contribution in [0.25, 0.3) is 0 Å². The smallest absolute Gasteiger partial charge is 0.223 e. The number of ketones is 1. The molecule has 0 aromatic heterocycles. The van der Waals surface area contributed by atoms with Crippen molar-refractivity contribution in [3.63, 3.8) is 0 Å². The lowest BCUT2D eigenvalue weighted by Gasteiger charge is -2.08. The average molecular weight is 203 g/mol. The molecule has 1 amide bonds. The largest absolute Gasteiger partial charge is 0.345 e. The van der Waals surface area contributed by atoms with Crippen LogP contribution in [-0.2, 0) is 4.79 Å². The van der Waals surface area contributed by atoms with Crippen LogP contribution in [-0.4, -0.2) is 30.2 Å². The van der Waals surface area contributed by atoms with E-state index in [0.29, 0.717) is 18.5 Å². The van der Waals surface area contributed by atoms with Gasteiger partial charge in [0.05, 0.1) is 0 Å². The topological polar surface area (TPSA) is 37.4 Å². The fourth-order valence-electron chi connectivity index (χ4n) is 1.88. The van der Waals surface area contributed by atoms with Crippen molar-refractivity contribution < 1.29 is 9.59 Å². The van der Waals surface area contributed by atoms with Crippen molar-refractivity contribution >= 4 is 11.7 Å². The van der Waals surface area contributed by atoms with Crippen molar-refractivity contribution in [1.29, 1.82) is 0 Å². The van der Waals surface area contributed by atoms with Crippen LogP contribution in [0.4, 0.5) is 0 Å². The van der Waals surface area contributed by atoms with E-state index >= 15 is 0 Å². The van der Waals surface area contributed by atoms with Crippen molar-refractivity contribution in [2.75, 3.05) is 13.6 Å². The molecule has 0 saturated carbocycles. The number of nitrogens with zero attached hydrogens (tertiary/aromatic N) is 1. The van der Waals surface area contributed by atoms with Gasteiger partial charge in [0, 0.05) is 31.5 Å². The number of benzene rings is 1. The molecular weight excluding hydrogens is 190 g/mol. The van der Waals surface area contributed by atoms with Crippen LogP contribution < -0.4 is 0 Å². The van der Waals surface area contributed by atoms with Gasteiger partial charge < -0.3 is 4.90 Å². The summed E-state index contributed by atoms with van der Waals surface area (Å²) in [6, 6.07) is 9.15. The summed E-state index contributed by atoms with van der Waals surface area (Å²) in [6.07, 6.45) is 0.351. The summed E-state index contributed by atoms with van der Waals surface area (Å²) in [7, 11) is 1.74. The van der Waals surface area contributed by atoms with E-state index in [9.17, 15) is 9.59 Å². The monoisotopic (exact) mass is 203 g/mol. The third-order valence-corrected chi connectivity index (χ3v) is 2.77. The zero-order valence-electron chi connectivity index (χ0n) is 8.64. The second-order valence-electron chi connectivity index (χ2n) is 3.91. The van der Waals surface area contributed by atoms with Crippen molar-refractivity contribution in [1.82, 2.24) is 4.90 Å². The number of likely N-dealkylation sites (tertiary alicyclic amines) is 1. The Labute approximate surface area is 88.7 Å². The van der Waals surface area contributed by atoms with Gasteiger partial charge in [0.1, 0.15) is 0 Å². The Morgan fingerprint density at radius 1 is 1.33 bits per heavy atom. The molecule has 1 atom stereocenters. The summed E-state index contributed by atoms with van der Waals surface area (Å²) < 4.78 is 0. The van der Waals surface area contributed by atoms with Gasteiger partial charge in [0.25, 0.3) is 0 Å². The number of amides is 1. The molecule has 0 spiro atoms. The van der Waals surface area contributed by atoms with Crippen LogP contribution in [0.5, 0.6) is 0 Å². The molecular formula is C12H13NO2. The minimum absolute atomic E-state index is 0.0595. The minimum atomic E-state index is -0.162. The van der Waals surface area contributed by atoms with Crippen LogP contribution in [0.1, 0.15) is 16.8 Å². The first-order valence-electron chi connectivity index (χ1n) is 5.01. The Bertz CT molecular complexity index is 386. The van der Waals surface area contributed by atoms with E-state index in [1.807, 2.05) is 18.2 Å². The average Bonchev–Trinajstić information content (AvgIpc) is 2.59. The predicted molar refractivity (Wildman–Crippen MR) is 56.5 cm³/mol. The maximum absolute atomic E-state index is 12.0. The lowest BCUT2D eigenvalue weighted by atomic mass is 9.97. The van der Waals surface area contributed by atoms with Crippen LogP contribution in [0.15, 0.2) is 30.3 Å². The maximum Gasteiger partial charge on any atom is 0.223 e. The lowest BCUT2D eigenvalue weighted by Crippen LogP contribution is -2.21. The van der Waals surface area contributed by atoms with E-state index in [1.54, 1.807) is 24.1 Å². The van der Waals surface area contributed by atoms with Crippen molar-refractivity contribution in [3.8, 4) is 0 Å². The number of hydrogen-bond acceptors (Lipinski definition) is 2. The zero-order valence-corrected chi connectivity index (χ0v) is 8.64. The standard InChI is InChI=1S/C12H13NO2/c1-13-8-10(7-11(13)14)12(15)9-5-3-2-4-6-9/h2-6,10H,7-8H2,1H3. The minimum Gasteiger partial charge on any atom is -0.345 e. The number of hydrogen-bond donors (Lipinski definition) is 0. The van der Waals surface area contributed by atoms with Gasteiger partial charge in [-0.1, -0.05) is 30.3 Å². The van der Waals surface area contributed by atoms with E-state index in [4.69, 9.17) is 0 Å². The zero-order chi connectivity index (χ0) is 10.8. The van der Waals surface area contributed by atoms with E-state index < -0.39 is 0 Å². The highest BCUT2D eigenvalue weighted by Crippen LogP contribution is 2.20. The molecule has 1 aliphatic heterocycles. The predicted octanol–water partition coefficient (Wildman–Crippen LogP) is 1.35. The fourth-order valence-corrected chi connectivity index (χ4v) is 1.88. The van der Waals surface area contributed by atoms with Gasteiger partial charge in [-0.05, 0) is 0 Å². The third-order valence-electron chi connectivity index (χ3n) is 2.77. The van der Waals surface area contributed by atoms with Crippen LogP contribution in [0.3, 0.4) is 0 Å². The fraction of sp³-hybridized carbons (Fsp3) is 0.333. The van der Waals surface area contributed by atoms with Crippen LogP contribution >= 0.6 is 0 Å². The van der Waals surface area contributed by atoms with Crippen LogP contribution in [0.2, 0.25) is 0 Å². The molecule has 3 heteroatoms. The summed E-state index contributed by atoms with van der Waals surface area (Å²) in [5.41, 5.74) is 0.700. The van der Waals surface area contributed by atoms with E-state index in [1.165, 1.54) is 0 Å². The van der Waals surface area contributed by atoms with E-state index in [2.05, 4.69) is 0 Å². The van der Waals surface area contributed by atoms with Gasteiger partial charge in [-0.2, -0.15) is 0 Å². The van der Waals surface area contributed by atoms with Gasteiger partial charge in [-0.25, -0.2) is 0 Å². The van der Waals surface area contributed by atoms with Gasteiger partial charge >= 0.3 is 0 Å². The molecule has 1 saturated heterocycles. The number of rotatable bonds is 2. The summed E-state index contributed by atoms with van der Waals surface area (Å²) in [5.74, 6) is -0.0255. The summed E-state index contributed by atoms with van der Waals surface area (Å²) in [6.45, 7) is 0.548. The number of Topliss-reactive ketones (excluding diaryl/α,β-unsaturated/α-hetero) is 1. The molecule has 1 heterocycles. The van der Waals surface area contributed by atoms with E-state index in [-0.39, 0.29) is 17.6 Å². The molecule has 3 nitrogen and oxygen atoms in total. The molecule has 1 aromatic carbocycles. The molecule has 1 unspecified atom stereocenters. The summed E-state index contributed by atoms with van der Waals surface area (Å²) in [5, 5.41) is 0. The first kappa shape index (κ1) is 9.90. The van der Waals surface area contributed by atoms with Gasteiger partial charge in [-0.3, -0.25) is 9.59 Å². The highest BCUT2D eigenvalue weighted by molar-refractivity contribution is 6.01. The molecule has 1 fully saturated rings. The van der Waals surface area contributed by atoms with E-state index in [0.717, 1.165) is 0 Å². The van der Waals surface area contributed by atoms with Crippen molar-refractivity contribution in [2.45, 2.75) is 6.42 Å². The molecule has 0 N–H and O–H groups in total. The molecule has 0 aliphatic carbocycles. The summed E-state index contributed by atoms with van der Waals surface area (Å²) in [4.78, 5) is 24.9. The highest BCUT2D eigenvalue weighted by atomic mass is 16.2. The van der Waals surface area contributed by atoms with Crippen LogP contribution in [0, 0.1) is 5.92 Å². The Morgan fingerprint density at radius 2 is 2.00 bits per heavy atom. The first-order valence-corrected chi connectivity index (χ1v) is 5.01. The van der Waals surface area contributed by atoms with Gasteiger partial charge in [-0.15, -0.1) is 0 Å². The molecule has 2 rings (SSSR count). The first-order chi connectivity index (χ1) is 7.18. The Balaban J connectivity index is 2.14. The second kappa shape index (κ2) is 3.85. The third kappa shape index (κ3) is 1.91. The SMILES string of the molecule is CN1CC(C(=O)c2ccccc2)CC1=O. The molecule has 78 valence electrons. The lowest BCUT2D eigenvalue weighted by molar-refractivity contribution is -0.126. The Hall–Kier alpha value is -1.64. The molecule has 0 bridgehead atoms. The molecule has 15 heavy (non-hydrogen) atoms.